The third kappa shape index (κ3) is 5.76. The van der Waals surface area contributed by atoms with Gasteiger partial charge in [-0.1, -0.05) is 30.3 Å². The van der Waals surface area contributed by atoms with Crippen LogP contribution in [0.2, 0.25) is 0 Å². The van der Waals surface area contributed by atoms with Crippen LogP contribution in [0.15, 0.2) is 48.5 Å². The third-order valence-corrected chi connectivity index (χ3v) is 3.82. The molecule has 2 rings (SSSR count). The summed E-state index contributed by atoms with van der Waals surface area (Å²) in [5.74, 6) is -0.204. The van der Waals surface area contributed by atoms with Crippen molar-refractivity contribution in [3.05, 3.63) is 59.9 Å². The van der Waals surface area contributed by atoms with E-state index in [-0.39, 0.29) is 11.7 Å². The minimum absolute atomic E-state index is 0.0120. The summed E-state index contributed by atoms with van der Waals surface area (Å²) in [6.07, 6.45) is 0.0525. The van der Waals surface area contributed by atoms with E-state index in [1.807, 2.05) is 30.3 Å². The Morgan fingerprint density at radius 1 is 1.24 bits per heavy atom. The molecule has 6 heteroatoms. The van der Waals surface area contributed by atoms with Crippen LogP contribution in [0.1, 0.15) is 24.8 Å². The van der Waals surface area contributed by atoms with Crippen molar-refractivity contribution in [2.75, 3.05) is 19.0 Å². The number of hydrogen-bond donors (Lipinski definition) is 3. The smallest absolute Gasteiger partial charge is 0.319 e. The molecule has 3 N–H and O–H groups in total. The van der Waals surface area contributed by atoms with Gasteiger partial charge in [-0.3, -0.25) is 0 Å². The van der Waals surface area contributed by atoms with Crippen molar-refractivity contribution >= 4 is 11.7 Å². The number of anilines is 1. The molecule has 0 aromatic heterocycles. The second-order valence-electron chi connectivity index (χ2n) is 5.87. The summed E-state index contributed by atoms with van der Waals surface area (Å²) in [7, 11) is 1.41. The first-order chi connectivity index (χ1) is 12.0. The molecule has 0 fully saturated rings. The molecule has 0 heterocycles. The molecule has 25 heavy (non-hydrogen) atoms. The molecule has 0 aliphatic heterocycles. The van der Waals surface area contributed by atoms with Gasteiger partial charge in [0.2, 0.25) is 0 Å². The molecule has 0 saturated heterocycles. The predicted molar refractivity (Wildman–Crippen MR) is 95.5 cm³/mol. The fraction of sp³-hybridized carbons (Fsp3) is 0.316. The van der Waals surface area contributed by atoms with Gasteiger partial charge < -0.3 is 20.5 Å². The lowest BCUT2D eigenvalue weighted by molar-refractivity contribution is 0.173. The first-order valence-electron chi connectivity index (χ1n) is 8.11. The number of methoxy groups -OCH3 is 1. The van der Waals surface area contributed by atoms with Gasteiger partial charge in [-0.15, -0.1) is 0 Å². The van der Waals surface area contributed by atoms with E-state index in [0.29, 0.717) is 18.7 Å². The lowest BCUT2D eigenvalue weighted by atomic mass is 9.93. The van der Waals surface area contributed by atoms with Gasteiger partial charge in [-0.05, 0) is 31.0 Å². The Morgan fingerprint density at radius 2 is 1.96 bits per heavy atom. The summed E-state index contributed by atoms with van der Waals surface area (Å²) in [6.45, 7) is 2.09. The van der Waals surface area contributed by atoms with Crippen LogP contribution >= 0.6 is 0 Å². The molecule has 0 aliphatic rings. The minimum atomic E-state index is -0.479. The maximum absolute atomic E-state index is 13.2. The number of nitrogens with one attached hydrogen (secondary N) is 2. The average molecular weight is 346 g/mol. The van der Waals surface area contributed by atoms with E-state index in [1.54, 1.807) is 6.92 Å². The molecule has 2 unspecified atom stereocenters. The van der Waals surface area contributed by atoms with Crippen LogP contribution in [0.4, 0.5) is 14.9 Å². The molecule has 2 amide bonds. The largest absolute Gasteiger partial charge is 0.494 e. The Bertz CT molecular complexity index is 692. The van der Waals surface area contributed by atoms with Gasteiger partial charge in [0.25, 0.3) is 0 Å². The van der Waals surface area contributed by atoms with E-state index in [4.69, 9.17) is 4.74 Å². The molecule has 2 aromatic carbocycles. The van der Waals surface area contributed by atoms with Crippen LogP contribution in [-0.4, -0.2) is 30.9 Å². The number of aliphatic hydroxyl groups is 1. The molecule has 2 atom stereocenters. The van der Waals surface area contributed by atoms with Gasteiger partial charge in [0.15, 0.2) is 0 Å². The summed E-state index contributed by atoms with van der Waals surface area (Å²) in [6, 6.07) is 13.2. The van der Waals surface area contributed by atoms with Crippen molar-refractivity contribution in [3.63, 3.8) is 0 Å². The number of hydrogen-bond acceptors (Lipinski definition) is 3. The van der Waals surface area contributed by atoms with Gasteiger partial charge in [0.1, 0.15) is 11.6 Å². The predicted octanol–water partition coefficient (Wildman–Crippen LogP) is 3.51. The van der Waals surface area contributed by atoms with E-state index < -0.39 is 18.0 Å². The Balaban J connectivity index is 1.99. The van der Waals surface area contributed by atoms with Gasteiger partial charge in [-0.2, -0.15) is 0 Å². The number of urea groups is 1. The molecule has 0 spiro atoms. The molecule has 134 valence electrons. The molecule has 2 aromatic rings. The van der Waals surface area contributed by atoms with Crippen molar-refractivity contribution in [3.8, 4) is 5.75 Å². The highest BCUT2D eigenvalue weighted by atomic mass is 19.1. The van der Waals surface area contributed by atoms with Crippen LogP contribution in [0.5, 0.6) is 5.75 Å². The standard InChI is InChI=1S/C19H23FN2O3/c1-13(23)10-15(14-6-4-3-5-7-14)12-21-19(24)22-17-9-8-16(20)11-18(17)25-2/h3-9,11,13,15,23H,10,12H2,1-2H3,(H2,21,22,24). The summed E-state index contributed by atoms with van der Waals surface area (Å²) in [5.41, 5.74) is 1.43. The van der Waals surface area contributed by atoms with E-state index in [9.17, 15) is 14.3 Å². The Morgan fingerprint density at radius 3 is 2.60 bits per heavy atom. The molecule has 0 aliphatic carbocycles. The maximum atomic E-state index is 13.2. The molecule has 0 saturated carbocycles. The zero-order chi connectivity index (χ0) is 18.2. The second kappa shape index (κ2) is 9.03. The van der Waals surface area contributed by atoms with E-state index in [0.717, 1.165) is 5.56 Å². The normalized spacial score (nSPS) is 13.0. The maximum Gasteiger partial charge on any atom is 0.319 e. The van der Waals surface area contributed by atoms with E-state index in [1.165, 1.54) is 25.3 Å². The van der Waals surface area contributed by atoms with Gasteiger partial charge >= 0.3 is 6.03 Å². The van der Waals surface area contributed by atoms with Crippen molar-refractivity contribution in [2.24, 2.45) is 0 Å². The van der Waals surface area contributed by atoms with Crippen molar-refractivity contribution in [1.82, 2.24) is 5.32 Å². The molecular formula is C19H23FN2O3. The number of benzene rings is 2. The zero-order valence-corrected chi connectivity index (χ0v) is 14.3. The number of halogens is 1. The number of rotatable bonds is 7. The molecule has 0 bridgehead atoms. The summed E-state index contributed by atoms with van der Waals surface area (Å²) >= 11 is 0. The Hall–Kier alpha value is -2.60. The van der Waals surface area contributed by atoms with Gasteiger partial charge in [0, 0.05) is 18.5 Å². The van der Waals surface area contributed by atoms with Crippen LogP contribution in [0.3, 0.4) is 0 Å². The van der Waals surface area contributed by atoms with Gasteiger partial charge in [0.05, 0.1) is 18.9 Å². The highest BCUT2D eigenvalue weighted by Crippen LogP contribution is 2.25. The monoisotopic (exact) mass is 346 g/mol. The molecular weight excluding hydrogens is 323 g/mol. The second-order valence-corrected chi connectivity index (χ2v) is 5.87. The molecule has 0 radical (unpaired) electrons. The first-order valence-corrected chi connectivity index (χ1v) is 8.11. The third-order valence-electron chi connectivity index (χ3n) is 3.82. The average Bonchev–Trinajstić information content (AvgIpc) is 2.60. The number of carbonyl (C=O) groups is 1. The van der Waals surface area contributed by atoms with Crippen LogP contribution in [0, 0.1) is 5.82 Å². The molecule has 5 nitrogen and oxygen atoms in total. The van der Waals surface area contributed by atoms with Crippen LogP contribution in [0.25, 0.3) is 0 Å². The fourth-order valence-corrected chi connectivity index (χ4v) is 2.62. The highest BCUT2D eigenvalue weighted by Gasteiger charge is 2.16. The lowest BCUT2D eigenvalue weighted by Crippen LogP contribution is -2.33. The highest BCUT2D eigenvalue weighted by molar-refractivity contribution is 5.90. The van der Waals surface area contributed by atoms with Crippen LogP contribution < -0.4 is 15.4 Å². The summed E-state index contributed by atoms with van der Waals surface area (Å²) < 4.78 is 18.3. The van der Waals surface area contributed by atoms with E-state index in [2.05, 4.69) is 10.6 Å². The number of amides is 2. The van der Waals surface area contributed by atoms with E-state index >= 15 is 0 Å². The van der Waals surface area contributed by atoms with Crippen molar-refractivity contribution in [1.29, 1.82) is 0 Å². The number of ether oxygens (including phenoxy) is 1. The number of aliphatic hydroxyl groups excluding tert-OH is 1. The quantitative estimate of drug-likeness (QED) is 0.718. The summed E-state index contributed by atoms with van der Waals surface area (Å²) in [5, 5.41) is 15.1. The Labute approximate surface area is 146 Å². The SMILES string of the molecule is COc1cc(F)ccc1NC(=O)NCC(CC(C)O)c1ccccc1. The number of carbonyl (C=O) groups excluding carboxylic acids is 1. The topological polar surface area (TPSA) is 70.6 Å². The van der Waals surface area contributed by atoms with Gasteiger partial charge in [-0.25, -0.2) is 9.18 Å². The van der Waals surface area contributed by atoms with Crippen molar-refractivity contribution < 1.29 is 19.0 Å². The fourth-order valence-electron chi connectivity index (χ4n) is 2.62. The zero-order valence-electron chi connectivity index (χ0n) is 14.3. The van der Waals surface area contributed by atoms with Crippen molar-refractivity contribution in [2.45, 2.75) is 25.4 Å². The lowest BCUT2D eigenvalue weighted by Gasteiger charge is -2.20. The summed E-state index contributed by atoms with van der Waals surface area (Å²) in [4.78, 5) is 12.2. The van der Waals surface area contributed by atoms with Crippen LogP contribution in [-0.2, 0) is 0 Å². The minimum Gasteiger partial charge on any atom is -0.494 e. The first kappa shape index (κ1) is 18.7. The Kier molecular flexibility index (Phi) is 6.77.